The van der Waals surface area contributed by atoms with Gasteiger partial charge in [-0.25, -0.2) is 0 Å². The summed E-state index contributed by atoms with van der Waals surface area (Å²) in [6, 6.07) is 9.85. The molecule has 2 heteroatoms. The molecule has 1 heterocycles. The van der Waals surface area contributed by atoms with Gasteiger partial charge in [0.05, 0.1) is 0 Å². The molecular formula is C10H13NO. The molecule has 0 spiro atoms. The summed E-state index contributed by atoms with van der Waals surface area (Å²) in [6.07, 6.45) is 0.816. The Morgan fingerprint density at radius 3 is 2.58 bits per heavy atom. The van der Waals surface area contributed by atoms with Crippen LogP contribution < -0.4 is 5.32 Å². The van der Waals surface area contributed by atoms with Crippen molar-refractivity contribution >= 4 is 0 Å². The lowest BCUT2D eigenvalue weighted by atomic mass is 9.93. The first kappa shape index (κ1) is 7.77. The van der Waals surface area contributed by atoms with E-state index in [4.69, 9.17) is 0 Å². The van der Waals surface area contributed by atoms with Gasteiger partial charge in [-0.2, -0.15) is 0 Å². The van der Waals surface area contributed by atoms with Crippen molar-refractivity contribution in [1.29, 1.82) is 0 Å². The molecule has 1 aromatic rings. The van der Waals surface area contributed by atoms with Crippen LogP contribution in [0.2, 0.25) is 0 Å². The highest BCUT2D eigenvalue weighted by Crippen LogP contribution is 2.26. The van der Waals surface area contributed by atoms with E-state index >= 15 is 0 Å². The molecular weight excluding hydrogens is 150 g/mol. The second kappa shape index (κ2) is 2.88. The highest BCUT2D eigenvalue weighted by atomic mass is 16.3. The van der Waals surface area contributed by atoms with Gasteiger partial charge < -0.3 is 10.4 Å². The molecule has 0 aliphatic carbocycles. The van der Waals surface area contributed by atoms with Crippen molar-refractivity contribution < 1.29 is 5.11 Å². The number of hydrogen-bond donors (Lipinski definition) is 2. The maximum absolute atomic E-state index is 10.1. The van der Waals surface area contributed by atoms with Gasteiger partial charge >= 0.3 is 0 Å². The molecule has 2 nitrogen and oxygen atoms in total. The van der Waals surface area contributed by atoms with E-state index in [0.717, 1.165) is 18.5 Å². The SMILES string of the molecule is O[C@]1(c2ccccc2)CCNC1. The second-order valence-corrected chi connectivity index (χ2v) is 3.32. The minimum atomic E-state index is -0.624. The standard InChI is InChI=1S/C10H13NO/c12-10(6-7-11-8-10)9-4-2-1-3-5-9/h1-5,11-12H,6-8H2/t10-/m1/s1. The van der Waals surface area contributed by atoms with Crippen molar-refractivity contribution in [2.45, 2.75) is 12.0 Å². The predicted octanol–water partition coefficient (Wildman–Crippen LogP) is 0.867. The van der Waals surface area contributed by atoms with E-state index in [2.05, 4.69) is 5.32 Å². The Kier molecular flexibility index (Phi) is 1.87. The van der Waals surface area contributed by atoms with Gasteiger partial charge in [-0.05, 0) is 18.5 Å². The summed E-state index contributed by atoms with van der Waals surface area (Å²) in [7, 11) is 0. The van der Waals surface area contributed by atoms with Crippen LogP contribution in [0.25, 0.3) is 0 Å². The molecule has 1 aliphatic heterocycles. The van der Waals surface area contributed by atoms with Crippen LogP contribution in [0.15, 0.2) is 30.3 Å². The van der Waals surface area contributed by atoms with Gasteiger partial charge in [0.2, 0.25) is 0 Å². The van der Waals surface area contributed by atoms with Crippen molar-refractivity contribution in [2.24, 2.45) is 0 Å². The summed E-state index contributed by atoms with van der Waals surface area (Å²) < 4.78 is 0. The summed E-state index contributed by atoms with van der Waals surface area (Å²) in [4.78, 5) is 0. The van der Waals surface area contributed by atoms with Gasteiger partial charge in [0.1, 0.15) is 5.60 Å². The van der Waals surface area contributed by atoms with E-state index in [1.54, 1.807) is 0 Å². The first-order valence-electron chi connectivity index (χ1n) is 4.30. The number of aliphatic hydroxyl groups is 1. The first-order valence-corrected chi connectivity index (χ1v) is 4.30. The maximum Gasteiger partial charge on any atom is 0.103 e. The van der Waals surface area contributed by atoms with Crippen molar-refractivity contribution in [3.8, 4) is 0 Å². The number of benzene rings is 1. The maximum atomic E-state index is 10.1. The van der Waals surface area contributed by atoms with E-state index < -0.39 is 5.60 Å². The summed E-state index contributed by atoms with van der Waals surface area (Å²) in [5, 5.41) is 13.3. The molecule has 2 rings (SSSR count). The fourth-order valence-corrected chi connectivity index (χ4v) is 1.67. The molecule has 0 saturated carbocycles. The third-order valence-corrected chi connectivity index (χ3v) is 2.44. The fraction of sp³-hybridized carbons (Fsp3) is 0.400. The topological polar surface area (TPSA) is 32.3 Å². The second-order valence-electron chi connectivity index (χ2n) is 3.32. The fourth-order valence-electron chi connectivity index (χ4n) is 1.67. The van der Waals surface area contributed by atoms with Gasteiger partial charge in [-0.15, -0.1) is 0 Å². The highest BCUT2D eigenvalue weighted by Gasteiger charge is 2.32. The monoisotopic (exact) mass is 163 g/mol. The predicted molar refractivity (Wildman–Crippen MR) is 47.8 cm³/mol. The number of rotatable bonds is 1. The Hall–Kier alpha value is -0.860. The zero-order valence-corrected chi connectivity index (χ0v) is 6.96. The Morgan fingerprint density at radius 2 is 2.00 bits per heavy atom. The summed E-state index contributed by atoms with van der Waals surface area (Å²) in [5.41, 5.74) is 0.399. The highest BCUT2D eigenvalue weighted by molar-refractivity contribution is 5.23. The molecule has 1 atom stereocenters. The van der Waals surface area contributed by atoms with Crippen molar-refractivity contribution in [3.05, 3.63) is 35.9 Å². The third kappa shape index (κ3) is 1.24. The molecule has 1 saturated heterocycles. The number of hydrogen-bond acceptors (Lipinski definition) is 2. The van der Waals surface area contributed by atoms with Gasteiger partial charge in [-0.3, -0.25) is 0 Å². The Labute approximate surface area is 72.2 Å². The first-order chi connectivity index (χ1) is 5.81. The zero-order valence-electron chi connectivity index (χ0n) is 6.96. The molecule has 64 valence electrons. The minimum Gasteiger partial charge on any atom is -0.384 e. The van der Waals surface area contributed by atoms with Crippen LogP contribution in [0.3, 0.4) is 0 Å². The lowest BCUT2D eigenvalue weighted by Gasteiger charge is -2.21. The molecule has 2 N–H and O–H groups in total. The number of nitrogens with one attached hydrogen (secondary N) is 1. The van der Waals surface area contributed by atoms with Crippen LogP contribution in [-0.4, -0.2) is 18.2 Å². The Bertz CT molecular complexity index is 252. The van der Waals surface area contributed by atoms with Crippen LogP contribution in [0, 0.1) is 0 Å². The molecule has 0 aromatic heterocycles. The molecule has 12 heavy (non-hydrogen) atoms. The van der Waals surface area contributed by atoms with Crippen LogP contribution >= 0.6 is 0 Å². The normalized spacial score (nSPS) is 29.1. The van der Waals surface area contributed by atoms with Crippen LogP contribution in [0.5, 0.6) is 0 Å². The molecule has 0 radical (unpaired) electrons. The quantitative estimate of drug-likeness (QED) is 0.643. The molecule has 0 unspecified atom stereocenters. The molecule has 0 bridgehead atoms. The molecule has 0 amide bonds. The Morgan fingerprint density at radius 1 is 1.25 bits per heavy atom. The van der Waals surface area contributed by atoms with Gasteiger partial charge in [0.25, 0.3) is 0 Å². The molecule has 1 fully saturated rings. The average Bonchev–Trinajstić information content (AvgIpc) is 2.55. The lowest BCUT2D eigenvalue weighted by Crippen LogP contribution is -2.27. The smallest absolute Gasteiger partial charge is 0.103 e. The largest absolute Gasteiger partial charge is 0.384 e. The molecule has 1 aromatic carbocycles. The van der Waals surface area contributed by atoms with Crippen LogP contribution in [0.1, 0.15) is 12.0 Å². The van der Waals surface area contributed by atoms with Crippen molar-refractivity contribution in [2.75, 3.05) is 13.1 Å². The van der Waals surface area contributed by atoms with Crippen LogP contribution in [-0.2, 0) is 5.60 Å². The minimum absolute atomic E-state index is 0.624. The molecule has 1 aliphatic rings. The van der Waals surface area contributed by atoms with E-state index in [9.17, 15) is 5.11 Å². The summed E-state index contributed by atoms with van der Waals surface area (Å²) in [5.74, 6) is 0. The third-order valence-electron chi connectivity index (χ3n) is 2.44. The van der Waals surface area contributed by atoms with Gasteiger partial charge in [0, 0.05) is 6.54 Å². The Balaban J connectivity index is 2.29. The van der Waals surface area contributed by atoms with E-state index in [1.165, 1.54) is 0 Å². The average molecular weight is 163 g/mol. The lowest BCUT2D eigenvalue weighted by molar-refractivity contribution is 0.0587. The van der Waals surface area contributed by atoms with E-state index in [0.29, 0.717) is 6.54 Å². The van der Waals surface area contributed by atoms with E-state index in [1.807, 2.05) is 30.3 Å². The number of β-amino-alcohol motifs (C(OH)–C–C–N with tert-alkyl or cyclic N) is 1. The van der Waals surface area contributed by atoms with Crippen molar-refractivity contribution in [3.63, 3.8) is 0 Å². The van der Waals surface area contributed by atoms with Gasteiger partial charge in [0.15, 0.2) is 0 Å². The van der Waals surface area contributed by atoms with Crippen LogP contribution in [0.4, 0.5) is 0 Å². The van der Waals surface area contributed by atoms with E-state index in [-0.39, 0.29) is 0 Å². The summed E-state index contributed by atoms with van der Waals surface area (Å²) >= 11 is 0. The van der Waals surface area contributed by atoms with Gasteiger partial charge in [-0.1, -0.05) is 30.3 Å². The zero-order chi connectivity index (χ0) is 8.44. The van der Waals surface area contributed by atoms with Crippen molar-refractivity contribution in [1.82, 2.24) is 5.32 Å². The summed E-state index contributed by atoms with van der Waals surface area (Å²) in [6.45, 7) is 1.59.